The minimum atomic E-state index is -0.996. The average molecular weight is 895 g/mol. The SMILES string of the molecule is CC.CC.CSc1ccc(C(=O)Cc2ccccc2)cc1F.CSc1ccc(C=O)cc1F.CSc1ccc(C=O)cc1F.Cc1ccccc1.O=Cc1ccc(F)c(F)c1. The number of carbonyl (C=O) groups is 4. The van der Waals surface area contributed by atoms with Crippen molar-refractivity contribution >= 4 is 59.9 Å². The molecule has 0 saturated carbocycles. The van der Waals surface area contributed by atoms with E-state index in [0.717, 1.165) is 17.7 Å². The molecule has 0 aliphatic rings. The number of halogens is 5. The third-order valence-corrected chi connectivity index (χ3v) is 9.64. The molecule has 0 amide bonds. The normalized spacial score (nSPS) is 9.26. The summed E-state index contributed by atoms with van der Waals surface area (Å²) >= 11 is 3.98. The van der Waals surface area contributed by atoms with Crippen LogP contribution in [-0.2, 0) is 6.42 Å². The molecule has 0 radical (unpaired) electrons. The minimum Gasteiger partial charge on any atom is -0.298 e. The first-order valence-corrected chi connectivity index (χ1v) is 22.5. The highest BCUT2D eigenvalue weighted by atomic mass is 32.2. The summed E-state index contributed by atoms with van der Waals surface area (Å²) in [7, 11) is 0. The number of hydrogen-bond acceptors (Lipinski definition) is 7. The number of carbonyl (C=O) groups excluding carboxylic acids is 4. The Balaban J connectivity index is 0.000000745. The van der Waals surface area contributed by atoms with Crippen LogP contribution in [0.25, 0.3) is 0 Å². The lowest BCUT2D eigenvalue weighted by Gasteiger charge is -2.04. The molecule has 0 saturated heterocycles. The molecule has 6 aromatic rings. The number of aryl methyl sites for hydroxylation is 1. The zero-order chi connectivity index (χ0) is 46.2. The third kappa shape index (κ3) is 22.2. The molecule has 0 aliphatic heterocycles. The maximum absolute atomic E-state index is 13.6. The first kappa shape index (κ1) is 55.7. The summed E-state index contributed by atoms with van der Waals surface area (Å²) < 4.78 is 63.7. The first-order chi connectivity index (χ1) is 29.4. The third-order valence-electron chi connectivity index (χ3n) is 7.33. The van der Waals surface area contributed by atoms with E-state index >= 15 is 0 Å². The number of aldehydes is 3. The van der Waals surface area contributed by atoms with Gasteiger partial charge in [-0.2, -0.15) is 0 Å². The summed E-state index contributed by atoms with van der Waals surface area (Å²) in [5.74, 6) is -2.99. The lowest BCUT2D eigenvalue weighted by Crippen LogP contribution is -2.04. The predicted molar refractivity (Wildman–Crippen MR) is 245 cm³/mol. The zero-order valence-electron chi connectivity index (χ0n) is 35.4. The van der Waals surface area contributed by atoms with E-state index in [1.54, 1.807) is 48.9 Å². The van der Waals surface area contributed by atoms with Crippen molar-refractivity contribution in [3.8, 4) is 0 Å². The second-order valence-corrected chi connectivity index (χ2v) is 13.9. The molecule has 324 valence electrons. The van der Waals surface area contributed by atoms with Gasteiger partial charge in [0.2, 0.25) is 0 Å². The van der Waals surface area contributed by atoms with Gasteiger partial charge < -0.3 is 0 Å². The number of benzene rings is 6. The molecule has 4 nitrogen and oxygen atoms in total. The van der Waals surface area contributed by atoms with Crippen LogP contribution in [0, 0.1) is 36.0 Å². The number of ketones is 1. The lowest BCUT2D eigenvalue weighted by atomic mass is 10.0. The highest BCUT2D eigenvalue weighted by Gasteiger charge is 2.10. The smallest absolute Gasteiger partial charge is 0.167 e. The van der Waals surface area contributed by atoms with Crippen molar-refractivity contribution in [3.63, 3.8) is 0 Å². The largest absolute Gasteiger partial charge is 0.298 e. The molecule has 12 heteroatoms. The van der Waals surface area contributed by atoms with E-state index in [4.69, 9.17) is 0 Å². The van der Waals surface area contributed by atoms with Gasteiger partial charge in [0.1, 0.15) is 36.3 Å². The number of thioether (sulfide) groups is 3. The van der Waals surface area contributed by atoms with Gasteiger partial charge in [0, 0.05) is 43.4 Å². The van der Waals surface area contributed by atoms with Crippen LogP contribution in [0.1, 0.15) is 80.3 Å². The molecule has 0 heterocycles. The van der Waals surface area contributed by atoms with Gasteiger partial charge in [-0.1, -0.05) is 112 Å². The van der Waals surface area contributed by atoms with Crippen molar-refractivity contribution in [1.82, 2.24) is 0 Å². The van der Waals surface area contributed by atoms with Gasteiger partial charge >= 0.3 is 0 Å². The van der Waals surface area contributed by atoms with Crippen LogP contribution >= 0.6 is 35.3 Å². The van der Waals surface area contributed by atoms with Gasteiger partial charge in [0.25, 0.3) is 0 Å². The van der Waals surface area contributed by atoms with Crippen LogP contribution in [0.3, 0.4) is 0 Å². The van der Waals surface area contributed by atoms with Crippen molar-refractivity contribution in [1.29, 1.82) is 0 Å². The summed E-state index contributed by atoms with van der Waals surface area (Å²) in [6.45, 7) is 10.1. The van der Waals surface area contributed by atoms with Crippen molar-refractivity contribution in [2.75, 3.05) is 18.8 Å². The maximum atomic E-state index is 13.6. The Morgan fingerprint density at radius 3 is 1.15 bits per heavy atom. The van der Waals surface area contributed by atoms with E-state index in [9.17, 15) is 41.1 Å². The van der Waals surface area contributed by atoms with Crippen LogP contribution in [0.4, 0.5) is 22.0 Å². The van der Waals surface area contributed by atoms with Crippen LogP contribution in [0.15, 0.2) is 148 Å². The van der Waals surface area contributed by atoms with Crippen LogP contribution in [-0.4, -0.2) is 43.4 Å². The molecule has 0 aromatic heterocycles. The monoisotopic (exact) mass is 894 g/mol. The number of hydrogen-bond donors (Lipinski definition) is 0. The molecule has 6 rings (SSSR count). The predicted octanol–water partition coefficient (Wildman–Crippen LogP) is 14.5. The van der Waals surface area contributed by atoms with E-state index in [1.807, 2.05) is 82.5 Å². The number of rotatable bonds is 9. The molecule has 0 N–H and O–H groups in total. The quantitative estimate of drug-likeness (QED) is 0.0620. The van der Waals surface area contributed by atoms with Gasteiger partial charge in [-0.05, 0) is 85.9 Å². The van der Waals surface area contributed by atoms with Gasteiger partial charge in [-0.15, -0.1) is 35.3 Å². The van der Waals surface area contributed by atoms with Crippen LogP contribution < -0.4 is 0 Å². The van der Waals surface area contributed by atoms with Crippen molar-refractivity contribution in [3.05, 3.63) is 196 Å². The topological polar surface area (TPSA) is 68.3 Å². The zero-order valence-corrected chi connectivity index (χ0v) is 37.8. The van der Waals surface area contributed by atoms with Crippen molar-refractivity contribution in [2.45, 2.75) is 55.7 Å². The van der Waals surface area contributed by atoms with Crippen molar-refractivity contribution < 1.29 is 41.1 Å². The minimum absolute atomic E-state index is 0.0623. The fourth-order valence-corrected chi connectivity index (χ4v) is 5.73. The number of Topliss-reactive ketones (excluding diaryl/α,β-unsaturated/α-hetero) is 1. The fourth-order valence-electron chi connectivity index (χ4n) is 4.36. The van der Waals surface area contributed by atoms with Gasteiger partial charge in [0.05, 0.1) is 0 Å². The highest BCUT2D eigenvalue weighted by Crippen LogP contribution is 2.22. The molecule has 0 atom stereocenters. The molecule has 61 heavy (non-hydrogen) atoms. The summed E-state index contributed by atoms with van der Waals surface area (Å²) in [6, 6.07) is 36.2. The standard InChI is InChI=1S/C15H13FOS.2C8H7FOS.C7H4F2O.C7H8.2C2H6/c1-18-15-8-7-12(10-13(15)16)14(17)9-11-5-3-2-4-6-11;2*1-11-8-3-2-6(5-10)4-7(8)9;8-6-2-1-5(4-10)3-7(6)9;1-7-5-3-2-4-6-7;2*1-2/h2-8,10H,9H2,1H3;2*2-5H,1H3;1-4H;2-6H,1H3;2*1-2H3. The summed E-state index contributed by atoms with van der Waals surface area (Å²) in [5, 5.41) is 0. The molecule has 0 fully saturated rings. The van der Waals surface area contributed by atoms with Crippen LogP contribution in [0.5, 0.6) is 0 Å². The summed E-state index contributed by atoms with van der Waals surface area (Å²) in [6.07, 6.45) is 7.42. The van der Waals surface area contributed by atoms with Gasteiger partial charge in [-0.25, -0.2) is 22.0 Å². The van der Waals surface area contributed by atoms with E-state index < -0.39 is 11.6 Å². The Hall–Kier alpha value is -5.30. The average Bonchev–Trinajstić information content (AvgIpc) is 3.30. The van der Waals surface area contributed by atoms with E-state index in [2.05, 4.69) is 19.1 Å². The summed E-state index contributed by atoms with van der Waals surface area (Å²) in [5.41, 5.74) is 3.58. The van der Waals surface area contributed by atoms with Crippen molar-refractivity contribution in [2.24, 2.45) is 0 Å². The summed E-state index contributed by atoms with van der Waals surface area (Å²) in [4.78, 5) is 44.0. The van der Waals surface area contributed by atoms with Gasteiger partial charge in [0.15, 0.2) is 17.4 Å². The Bertz CT molecular complexity index is 2130. The highest BCUT2D eigenvalue weighted by molar-refractivity contribution is 7.99. The maximum Gasteiger partial charge on any atom is 0.167 e. The molecule has 0 bridgehead atoms. The Morgan fingerprint density at radius 2 is 0.820 bits per heavy atom. The molecular formula is C49H51F5O4S3. The van der Waals surface area contributed by atoms with E-state index in [0.29, 0.717) is 56.7 Å². The van der Waals surface area contributed by atoms with Crippen LogP contribution in [0.2, 0.25) is 0 Å². The molecule has 0 spiro atoms. The molecule has 0 aliphatic carbocycles. The molecular weight excluding hydrogens is 844 g/mol. The van der Waals surface area contributed by atoms with Gasteiger partial charge in [-0.3, -0.25) is 19.2 Å². The molecule has 6 aromatic carbocycles. The Kier molecular flexibility index (Phi) is 30.5. The second kappa shape index (κ2) is 33.4. The van der Waals surface area contributed by atoms with E-state index in [1.165, 1.54) is 65.1 Å². The van der Waals surface area contributed by atoms with E-state index in [-0.39, 0.29) is 28.8 Å². The first-order valence-electron chi connectivity index (χ1n) is 18.8. The Morgan fingerprint density at radius 1 is 0.459 bits per heavy atom. The molecule has 0 unspecified atom stereocenters. The fraction of sp³-hybridized carbons (Fsp3) is 0.184. The lowest BCUT2D eigenvalue weighted by molar-refractivity contribution is 0.0991. The Labute approximate surface area is 369 Å². The second-order valence-electron chi connectivity index (χ2n) is 11.4.